The normalized spacial score (nSPS) is 10.1. The van der Waals surface area contributed by atoms with Crippen LogP contribution in [0.1, 0.15) is 22.5 Å². The first-order valence-corrected chi connectivity index (χ1v) is 5.72. The molecule has 2 heterocycles. The monoisotopic (exact) mass is 242 g/mol. The van der Waals surface area contributed by atoms with Gasteiger partial charge in [0.25, 0.3) is 0 Å². The molecular weight excluding hydrogens is 228 g/mol. The fraction of sp³-hybridized carbons (Fsp3) is 0.214. The number of methoxy groups -OCH3 is 1. The summed E-state index contributed by atoms with van der Waals surface area (Å²) in [7, 11) is 1.54. The largest absolute Gasteiger partial charge is 0.494 e. The lowest BCUT2D eigenvalue weighted by Gasteiger charge is -2.05. The third-order valence-electron chi connectivity index (χ3n) is 2.62. The second kappa shape index (κ2) is 5.91. The van der Waals surface area contributed by atoms with Crippen LogP contribution in [0.2, 0.25) is 0 Å². The molecule has 4 heteroatoms. The topological polar surface area (TPSA) is 52.1 Å². The molecule has 0 aromatic carbocycles. The van der Waals surface area contributed by atoms with Gasteiger partial charge in [0.2, 0.25) is 0 Å². The van der Waals surface area contributed by atoms with Gasteiger partial charge in [-0.25, -0.2) is 4.98 Å². The van der Waals surface area contributed by atoms with E-state index in [0.717, 1.165) is 5.56 Å². The first kappa shape index (κ1) is 12.2. The molecule has 0 fully saturated rings. The van der Waals surface area contributed by atoms with Crippen LogP contribution in [-0.2, 0) is 6.42 Å². The van der Waals surface area contributed by atoms with Gasteiger partial charge in [0.1, 0.15) is 11.4 Å². The summed E-state index contributed by atoms with van der Waals surface area (Å²) in [6.07, 6.45) is 6.14. The van der Waals surface area contributed by atoms with Gasteiger partial charge in [-0.3, -0.25) is 9.78 Å². The minimum absolute atomic E-state index is 0.0173. The summed E-state index contributed by atoms with van der Waals surface area (Å²) in [5, 5.41) is 0. The lowest BCUT2D eigenvalue weighted by atomic mass is 10.1. The summed E-state index contributed by atoms with van der Waals surface area (Å²) in [6, 6.07) is 7.30. The number of hydrogen-bond donors (Lipinski definition) is 0. The molecule has 0 amide bonds. The molecule has 0 aliphatic carbocycles. The van der Waals surface area contributed by atoms with Crippen molar-refractivity contribution in [1.82, 2.24) is 9.97 Å². The molecule has 0 spiro atoms. The number of ketones is 1. The van der Waals surface area contributed by atoms with Crippen LogP contribution in [0.25, 0.3) is 0 Å². The molecule has 0 aliphatic heterocycles. The van der Waals surface area contributed by atoms with Crippen LogP contribution < -0.4 is 4.74 Å². The van der Waals surface area contributed by atoms with Crippen molar-refractivity contribution >= 4 is 5.78 Å². The number of pyridine rings is 2. The van der Waals surface area contributed by atoms with E-state index in [0.29, 0.717) is 24.3 Å². The second-order valence-corrected chi connectivity index (χ2v) is 3.84. The van der Waals surface area contributed by atoms with Crippen molar-refractivity contribution in [2.24, 2.45) is 0 Å². The Morgan fingerprint density at radius 2 is 2.11 bits per heavy atom. The van der Waals surface area contributed by atoms with Gasteiger partial charge in [0.15, 0.2) is 5.78 Å². The van der Waals surface area contributed by atoms with Gasteiger partial charge in [-0.1, -0.05) is 6.07 Å². The summed E-state index contributed by atoms with van der Waals surface area (Å²) in [5.41, 5.74) is 1.43. The molecule has 0 unspecified atom stereocenters. The van der Waals surface area contributed by atoms with E-state index in [4.69, 9.17) is 4.74 Å². The van der Waals surface area contributed by atoms with E-state index in [1.807, 2.05) is 12.1 Å². The number of rotatable bonds is 5. The first-order chi connectivity index (χ1) is 8.81. The Kier molecular flexibility index (Phi) is 4.02. The molecule has 2 aromatic heterocycles. The summed E-state index contributed by atoms with van der Waals surface area (Å²) in [4.78, 5) is 20.1. The molecule has 0 saturated heterocycles. The Morgan fingerprint density at radius 3 is 2.83 bits per heavy atom. The van der Waals surface area contributed by atoms with E-state index in [9.17, 15) is 4.79 Å². The Labute approximate surface area is 106 Å². The third kappa shape index (κ3) is 2.91. The molecular formula is C14H14N2O2. The number of ether oxygens (including phenoxy) is 1. The van der Waals surface area contributed by atoms with Crippen molar-refractivity contribution in [3.63, 3.8) is 0 Å². The van der Waals surface area contributed by atoms with E-state index in [1.165, 1.54) is 7.11 Å². The van der Waals surface area contributed by atoms with Crippen molar-refractivity contribution in [3.05, 3.63) is 54.1 Å². The molecule has 2 aromatic rings. The van der Waals surface area contributed by atoms with Gasteiger partial charge in [-0.15, -0.1) is 0 Å². The molecule has 0 N–H and O–H groups in total. The van der Waals surface area contributed by atoms with Gasteiger partial charge < -0.3 is 4.74 Å². The van der Waals surface area contributed by atoms with Crippen molar-refractivity contribution in [2.45, 2.75) is 12.8 Å². The van der Waals surface area contributed by atoms with Crippen molar-refractivity contribution < 1.29 is 9.53 Å². The van der Waals surface area contributed by atoms with Gasteiger partial charge in [0, 0.05) is 25.0 Å². The lowest BCUT2D eigenvalue weighted by Crippen LogP contribution is -2.06. The van der Waals surface area contributed by atoms with E-state index in [2.05, 4.69) is 9.97 Å². The first-order valence-electron chi connectivity index (χ1n) is 5.72. The Balaban J connectivity index is 2.04. The van der Waals surface area contributed by atoms with E-state index >= 15 is 0 Å². The number of aromatic nitrogens is 2. The molecule has 2 rings (SSSR count). The van der Waals surface area contributed by atoms with Gasteiger partial charge in [0.05, 0.1) is 7.11 Å². The molecule has 0 atom stereocenters. The molecule has 4 nitrogen and oxygen atoms in total. The summed E-state index contributed by atoms with van der Waals surface area (Å²) < 4.78 is 5.12. The van der Waals surface area contributed by atoms with Gasteiger partial charge >= 0.3 is 0 Å². The Morgan fingerprint density at radius 1 is 1.28 bits per heavy atom. The molecule has 0 aliphatic rings. The average molecular weight is 242 g/mol. The highest BCUT2D eigenvalue weighted by atomic mass is 16.5. The predicted octanol–water partition coefficient (Wildman–Crippen LogP) is 2.30. The van der Waals surface area contributed by atoms with E-state index < -0.39 is 0 Å². The highest BCUT2D eigenvalue weighted by Gasteiger charge is 2.13. The van der Waals surface area contributed by atoms with Crippen LogP contribution in [0.3, 0.4) is 0 Å². The van der Waals surface area contributed by atoms with Crippen LogP contribution >= 0.6 is 0 Å². The zero-order valence-electron chi connectivity index (χ0n) is 10.2. The van der Waals surface area contributed by atoms with Gasteiger partial charge in [-0.2, -0.15) is 0 Å². The summed E-state index contributed by atoms with van der Waals surface area (Å²) in [5.74, 6) is 0.505. The minimum atomic E-state index is -0.0173. The Bertz CT molecular complexity index is 526. The predicted molar refractivity (Wildman–Crippen MR) is 67.7 cm³/mol. The van der Waals surface area contributed by atoms with Crippen LogP contribution in [0.5, 0.6) is 5.75 Å². The van der Waals surface area contributed by atoms with Crippen molar-refractivity contribution in [1.29, 1.82) is 0 Å². The molecule has 18 heavy (non-hydrogen) atoms. The number of carbonyl (C=O) groups is 1. The van der Waals surface area contributed by atoms with Gasteiger partial charge in [-0.05, 0) is 30.2 Å². The standard InChI is InChI=1S/C14H14N2O2/c1-18-13-5-3-9-16-14(13)12(17)7-6-11-4-2-8-15-10-11/h2-5,8-10H,6-7H2,1H3. The smallest absolute Gasteiger partial charge is 0.185 e. The maximum Gasteiger partial charge on any atom is 0.185 e. The number of hydrogen-bond acceptors (Lipinski definition) is 4. The molecule has 0 radical (unpaired) electrons. The van der Waals surface area contributed by atoms with Crippen molar-refractivity contribution in [3.8, 4) is 5.75 Å². The summed E-state index contributed by atoms with van der Waals surface area (Å²) >= 11 is 0. The highest BCUT2D eigenvalue weighted by molar-refractivity contribution is 5.96. The number of Topliss-reactive ketones (excluding diaryl/α,β-unsaturated/α-hetero) is 1. The van der Waals surface area contributed by atoms with Crippen LogP contribution in [0.15, 0.2) is 42.9 Å². The number of nitrogens with zero attached hydrogens (tertiary/aromatic N) is 2. The number of aryl methyl sites for hydroxylation is 1. The highest BCUT2D eigenvalue weighted by Crippen LogP contribution is 2.17. The molecule has 92 valence electrons. The minimum Gasteiger partial charge on any atom is -0.494 e. The average Bonchev–Trinajstić information content (AvgIpc) is 2.45. The van der Waals surface area contributed by atoms with E-state index in [-0.39, 0.29) is 5.78 Å². The lowest BCUT2D eigenvalue weighted by molar-refractivity contribution is 0.0974. The maximum absolute atomic E-state index is 12.0. The van der Waals surface area contributed by atoms with Crippen molar-refractivity contribution in [2.75, 3.05) is 7.11 Å². The fourth-order valence-electron chi connectivity index (χ4n) is 1.69. The Hall–Kier alpha value is -2.23. The molecule has 0 bridgehead atoms. The van der Waals surface area contributed by atoms with Crippen LogP contribution in [0.4, 0.5) is 0 Å². The summed E-state index contributed by atoms with van der Waals surface area (Å²) in [6.45, 7) is 0. The zero-order valence-corrected chi connectivity index (χ0v) is 10.2. The quantitative estimate of drug-likeness (QED) is 0.755. The second-order valence-electron chi connectivity index (χ2n) is 3.84. The SMILES string of the molecule is COc1cccnc1C(=O)CCc1cccnc1. The van der Waals surface area contributed by atoms with Crippen LogP contribution in [0, 0.1) is 0 Å². The zero-order chi connectivity index (χ0) is 12.8. The third-order valence-corrected chi connectivity index (χ3v) is 2.62. The van der Waals surface area contributed by atoms with Crippen LogP contribution in [-0.4, -0.2) is 22.9 Å². The maximum atomic E-state index is 12.0. The molecule has 0 saturated carbocycles. The number of carbonyl (C=O) groups excluding carboxylic acids is 1. The van der Waals surface area contributed by atoms with E-state index in [1.54, 1.807) is 30.7 Å². The fourth-order valence-corrected chi connectivity index (χ4v) is 1.69.